The topological polar surface area (TPSA) is 56.1 Å². The van der Waals surface area contributed by atoms with Crippen molar-refractivity contribution in [1.29, 1.82) is 5.26 Å². The Balaban J connectivity index is 2.04. The molecule has 0 spiro atoms. The van der Waals surface area contributed by atoms with Crippen LogP contribution in [0.4, 0.5) is 11.6 Å². The molecular formula is C17H19N5. The summed E-state index contributed by atoms with van der Waals surface area (Å²) in [5, 5.41) is 9.14. The fraction of sp³-hybridized carbons (Fsp3) is 0.353. The largest absolute Gasteiger partial charge is 0.372 e. The third-order valence-electron chi connectivity index (χ3n) is 4.03. The SMILES string of the molecule is Cc1cc(C#N)nc(N2Cc3ccccc3N(C)C[C@H]2C)n1. The molecule has 0 saturated carbocycles. The van der Waals surface area contributed by atoms with E-state index in [1.54, 1.807) is 6.07 Å². The zero-order chi connectivity index (χ0) is 15.7. The summed E-state index contributed by atoms with van der Waals surface area (Å²) in [4.78, 5) is 13.4. The Hall–Kier alpha value is -2.61. The van der Waals surface area contributed by atoms with Crippen LogP contribution < -0.4 is 9.80 Å². The van der Waals surface area contributed by atoms with E-state index in [0.29, 0.717) is 11.6 Å². The van der Waals surface area contributed by atoms with Crippen LogP contribution in [0.25, 0.3) is 0 Å². The van der Waals surface area contributed by atoms with Crippen LogP contribution in [-0.2, 0) is 6.54 Å². The van der Waals surface area contributed by atoms with Gasteiger partial charge in [0, 0.05) is 37.6 Å². The molecule has 0 fully saturated rings. The van der Waals surface area contributed by atoms with E-state index >= 15 is 0 Å². The van der Waals surface area contributed by atoms with Crippen LogP contribution in [0.3, 0.4) is 0 Å². The van der Waals surface area contributed by atoms with Crippen LogP contribution in [0.15, 0.2) is 30.3 Å². The Bertz CT molecular complexity index is 734. The predicted octanol–water partition coefficient (Wildman–Crippen LogP) is 2.50. The van der Waals surface area contributed by atoms with Gasteiger partial charge in [0.25, 0.3) is 0 Å². The lowest BCUT2D eigenvalue weighted by molar-refractivity contribution is 0.626. The summed E-state index contributed by atoms with van der Waals surface area (Å²) in [6, 6.07) is 12.5. The fourth-order valence-corrected chi connectivity index (χ4v) is 2.96. The van der Waals surface area contributed by atoms with Crippen LogP contribution in [0.5, 0.6) is 0 Å². The highest BCUT2D eigenvalue weighted by molar-refractivity contribution is 5.57. The number of anilines is 2. The Morgan fingerprint density at radius 1 is 1.27 bits per heavy atom. The molecule has 1 atom stereocenters. The van der Waals surface area contributed by atoms with Gasteiger partial charge >= 0.3 is 0 Å². The standard InChI is InChI=1S/C17H19N5/c1-12-8-15(9-18)20-17(19-12)22-11-14-6-4-5-7-16(14)21(3)10-13(22)2/h4-8,13H,10-11H2,1-3H3/t13-/m1/s1. The second-order valence-corrected chi connectivity index (χ2v) is 5.79. The molecular weight excluding hydrogens is 274 g/mol. The first-order chi connectivity index (χ1) is 10.6. The molecule has 3 rings (SSSR count). The first kappa shape index (κ1) is 14.3. The first-order valence-electron chi connectivity index (χ1n) is 7.40. The van der Waals surface area contributed by atoms with Crippen LogP contribution in [0.2, 0.25) is 0 Å². The molecule has 1 aromatic heterocycles. The number of fused-ring (bicyclic) bond motifs is 1. The third-order valence-corrected chi connectivity index (χ3v) is 4.03. The summed E-state index contributed by atoms with van der Waals surface area (Å²) in [6.45, 7) is 5.70. The molecule has 5 heteroatoms. The molecule has 22 heavy (non-hydrogen) atoms. The molecule has 0 bridgehead atoms. The average molecular weight is 293 g/mol. The lowest BCUT2D eigenvalue weighted by Gasteiger charge is -2.28. The monoisotopic (exact) mass is 293 g/mol. The Labute approximate surface area is 130 Å². The molecule has 0 unspecified atom stereocenters. The van der Waals surface area contributed by atoms with Gasteiger partial charge in [-0.1, -0.05) is 18.2 Å². The molecule has 1 aliphatic rings. The Morgan fingerprint density at radius 3 is 2.82 bits per heavy atom. The molecule has 0 N–H and O–H groups in total. The van der Waals surface area contributed by atoms with E-state index in [4.69, 9.17) is 5.26 Å². The molecule has 1 aliphatic heterocycles. The number of benzene rings is 1. The number of hydrogen-bond donors (Lipinski definition) is 0. The van der Waals surface area contributed by atoms with Gasteiger partial charge in [0.15, 0.2) is 0 Å². The maximum absolute atomic E-state index is 9.14. The van der Waals surface area contributed by atoms with Crippen LogP contribution in [0, 0.1) is 18.3 Å². The molecule has 2 heterocycles. The summed E-state index contributed by atoms with van der Waals surface area (Å²) < 4.78 is 0. The molecule has 0 saturated heterocycles. The fourth-order valence-electron chi connectivity index (χ4n) is 2.96. The van der Waals surface area contributed by atoms with Gasteiger partial charge in [-0.3, -0.25) is 0 Å². The van der Waals surface area contributed by atoms with E-state index in [9.17, 15) is 0 Å². The molecule has 2 aromatic rings. The van der Waals surface area contributed by atoms with Crippen LogP contribution >= 0.6 is 0 Å². The number of likely N-dealkylation sites (N-methyl/N-ethyl adjacent to an activating group) is 1. The first-order valence-corrected chi connectivity index (χ1v) is 7.40. The van der Waals surface area contributed by atoms with Gasteiger partial charge in [0.1, 0.15) is 11.8 Å². The maximum atomic E-state index is 9.14. The maximum Gasteiger partial charge on any atom is 0.227 e. The Kier molecular flexibility index (Phi) is 3.68. The number of rotatable bonds is 1. The van der Waals surface area contributed by atoms with E-state index in [-0.39, 0.29) is 6.04 Å². The van der Waals surface area contributed by atoms with E-state index in [1.165, 1.54) is 11.3 Å². The summed E-state index contributed by atoms with van der Waals surface area (Å²) in [5.41, 5.74) is 3.73. The van der Waals surface area contributed by atoms with Crippen molar-refractivity contribution in [1.82, 2.24) is 9.97 Å². The zero-order valence-corrected chi connectivity index (χ0v) is 13.1. The highest BCUT2D eigenvalue weighted by Crippen LogP contribution is 2.28. The second-order valence-electron chi connectivity index (χ2n) is 5.79. The minimum absolute atomic E-state index is 0.255. The van der Waals surface area contributed by atoms with Gasteiger partial charge in [0.2, 0.25) is 5.95 Å². The van der Waals surface area contributed by atoms with Crippen molar-refractivity contribution in [2.45, 2.75) is 26.4 Å². The third kappa shape index (κ3) is 2.60. The van der Waals surface area contributed by atoms with Crippen LogP contribution in [-0.4, -0.2) is 29.6 Å². The lowest BCUT2D eigenvalue weighted by Crippen LogP contribution is -2.39. The summed E-state index contributed by atoms with van der Waals surface area (Å²) in [7, 11) is 2.11. The number of nitriles is 1. The summed E-state index contributed by atoms with van der Waals surface area (Å²) in [5.74, 6) is 0.633. The Morgan fingerprint density at radius 2 is 2.05 bits per heavy atom. The van der Waals surface area contributed by atoms with Crippen molar-refractivity contribution in [3.05, 3.63) is 47.3 Å². The molecule has 5 nitrogen and oxygen atoms in total. The average Bonchev–Trinajstić information content (AvgIpc) is 2.63. The minimum Gasteiger partial charge on any atom is -0.372 e. The van der Waals surface area contributed by atoms with Crippen molar-refractivity contribution in [3.63, 3.8) is 0 Å². The van der Waals surface area contributed by atoms with Crippen molar-refractivity contribution in [2.75, 3.05) is 23.4 Å². The number of hydrogen-bond acceptors (Lipinski definition) is 5. The number of para-hydroxylation sites is 1. The highest BCUT2D eigenvalue weighted by atomic mass is 15.3. The van der Waals surface area contributed by atoms with Crippen molar-refractivity contribution < 1.29 is 0 Å². The van der Waals surface area contributed by atoms with Gasteiger partial charge in [-0.25, -0.2) is 9.97 Å². The molecule has 0 aliphatic carbocycles. The quantitative estimate of drug-likeness (QED) is 0.808. The highest BCUT2D eigenvalue weighted by Gasteiger charge is 2.25. The second kappa shape index (κ2) is 5.64. The van der Waals surface area contributed by atoms with Gasteiger partial charge in [-0.15, -0.1) is 0 Å². The van der Waals surface area contributed by atoms with Crippen LogP contribution in [0.1, 0.15) is 23.9 Å². The number of aryl methyl sites for hydroxylation is 1. The minimum atomic E-state index is 0.255. The van der Waals surface area contributed by atoms with Gasteiger partial charge in [-0.2, -0.15) is 5.26 Å². The normalized spacial score (nSPS) is 17.6. The van der Waals surface area contributed by atoms with E-state index < -0.39 is 0 Å². The van der Waals surface area contributed by atoms with Crippen molar-refractivity contribution in [2.24, 2.45) is 0 Å². The number of nitrogens with zero attached hydrogens (tertiary/aromatic N) is 5. The van der Waals surface area contributed by atoms with E-state index in [2.05, 4.69) is 64.1 Å². The molecule has 1 aromatic carbocycles. The van der Waals surface area contributed by atoms with Gasteiger partial charge < -0.3 is 9.80 Å². The lowest BCUT2D eigenvalue weighted by atomic mass is 10.1. The summed E-state index contributed by atoms with van der Waals surface area (Å²) >= 11 is 0. The van der Waals surface area contributed by atoms with E-state index in [0.717, 1.165) is 18.8 Å². The molecule has 112 valence electrons. The predicted molar refractivity (Wildman–Crippen MR) is 86.8 cm³/mol. The van der Waals surface area contributed by atoms with Crippen molar-refractivity contribution in [3.8, 4) is 6.07 Å². The summed E-state index contributed by atoms with van der Waals surface area (Å²) in [6.07, 6.45) is 0. The van der Waals surface area contributed by atoms with Crippen molar-refractivity contribution >= 4 is 11.6 Å². The van der Waals surface area contributed by atoms with Gasteiger partial charge in [-0.05, 0) is 31.5 Å². The number of aromatic nitrogens is 2. The zero-order valence-electron chi connectivity index (χ0n) is 13.1. The van der Waals surface area contributed by atoms with Gasteiger partial charge in [0.05, 0.1) is 0 Å². The van der Waals surface area contributed by atoms with E-state index in [1.807, 2.05) is 6.92 Å². The molecule has 0 radical (unpaired) electrons. The molecule has 0 amide bonds. The smallest absolute Gasteiger partial charge is 0.227 e.